The van der Waals surface area contributed by atoms with Gasteiger partial charge in [-0.15, -0.1) is 0 Å². The van der Waals surface area contributed by atoms with Gasteiger partial charge in [-0.25, -0.2) is 4.79 Å². The van der Waals surface area contributed by atoms with Gasteiger partial charge in [-0.3, -0.25) is 47.9 Å². The van der Waals surface area contributed by atoms with Gasteiger partial charge in [0.05, 0.1) is 13.0 Å². The Hall–Kier alpha value is -7.07. The zero-order valence-corrected chi connectivity index (χ0v) is 51.2. The first-order chi connectivity index (χ1) is 38.4. The Morgan fingerprint density at radius 3 is 1.74 bits per heavy atom. The summed E-state index contributed by atoms with van der Waals surface area (Å²) in [4.78, 5) is 165. The number of rotatable bonds is 14. The van der Waals surface area contributed by atoms with E-state index in [9.17, 15) is 57.8 Å². The molecular weight excluding hydrogens is 1060 g/mol. The highest BCUT2D eigenvalue weighted by atomic mass is 16.5. The molecule has 2 fully saturated rings. The zero-order chi connectivity index (χ0) is 62.2. The molecule has 0 bridgehead atoms. The number of aliphatic carboxylic acids is 1. The van der Waals surface area contributed by atoms with Crippen LogP contribution >= 0.6 is 0 Å². The Morgan fingerprint density at radius 1 is 0.671 bits per heavy atom. The number of benzene rings is 1. The van der Waals surface area contributed by atoms with Gasteiger partial charge in [0.1, 0.15) is 60.7 Å². The van der Waals surface area contributed by atoms with Gasteiger partial charge in [0.2, 0.25) is 47.3 Å². The van der Waals surface area contributed by atoms with Crippen molar-refractivity contribution in [3.05, 3.63) is 42.5 Å². The predicted octanol–water partition coefficient (Wildman–Crippen LogP) is 2.88. The molecule has 1 aromatic carbocycles. The number of nitrogens with zero attached hydrogens (tertiary/aromatic N) is 6. The van der Waals surface area contributed by atoms with Crippen molar-refractivity contribution in [3.8, 4) is 5.75 Å². The monoisotopic (exact) mass is 1150 g/mol. The van der Waals surface area contributed by atoms with Crippen LogP contribution in [0.4, 0.5) is 0 Å². The predicted molar refractivity (Wildman–Crippen MR) is 306 cm³/mol. The summed E-state index contributed by atoms with van der Waals surface area (Å²) < 4.78 is 11.5. The average molecular weight is 1150 g/mol. The SMILES string of the molecule is C=CCOc1ccc(C[C@@H]2NC(=O)[C@H](C(C)C)N(C)C(=O)CNC(=O)[C@H]([C@@H](C)CC)N(C)C(=O)[C@H]([C@@H](C)CC)N(C)C(=O)[C@H](CC(=O)O)N(C)C(=O)[C@H](C(C)C)NC(=O)[C@H](C(C)C)N(C)C(=O)[C@@H]3CCCCN3C(=O)[C@@H](C)OC2=O)cc1. The van der Waals surface area contributed by atoms with Crippen LogP contribution in [0.15, 0.2) is 36.9 Å². The van der Waals surface area contributed by atoms with Crippen molar-refractivity contribution in [1.82, 2.24) is 45.3 Å². The van der Waals surface area contributed by atoms with Gasteiger partial charge in [-0.05, 0) is 73.5 Å². The number of fused-ring (bicyclic) bond motifs is 1. The summed E-state index contributed by atoms with van der Waals surface area (Å²) >= 11 is 0. The maximum atomic E-state index is 14.9. The highest BCUT2D eigenvalue weighted by Gasteiger charge is 2.46. The van der Waals surface area contributed by atoms with Crippen molar-refractivity contribution in [1.29, 1.82) is 0 Å². The van der Waals surface area contributed by atoms with Gasteiger partial charge in [-0.1, -0.05) is 107 Å². The quantitative estimate of drug-likeness (QED) is 0.154. The van der Waals surface area contributed by atoms with Crippen LogP contribution in [-0.4, -0.2) is 209 Å². The van der Waals surface area contributed by atoms with E-state index in [0.29, 0.717) is 37.0 Å². The average Bonchev–Trinajstić information content (AvgIpc) is 3.54. The molecule has 2 saturated heterocycles. The second-order valence-electron chi connectivity index (χ2n) is 23.0. The third-order valence-corrected chi connectivity index (χ3v) is 15.9. The van der Waals surface area contributed by atoms with E-state index in [1.165, 1.54) is 56.9 Å². The molecule has 0 unspecified atom stereocenters. The number of likely N-dealkylation sites (N-methyl/N-ethyl adjacent to an activating group) is 5. The zero-order valence-electron chi connectivity index (χ0n) is 51.2. The standard InChI is InChI=1S/C59H93N9O14/c1-18-29-81-40-26-24-39(25-27-40)30-41-59(80)82-38(12)54(75)68-28-22-21-23-42(68)55(76)65(15)48(35(8)9)53(74)62-46(33(4)5)57(78)63(13)43(31-45(70)71)56(77)67(17)50(37(11)20-3)58(79)66(16)49(36(10)19-2)51(72)60-32-44(69)64(14)47(34(6)7)52(73)61-41/h18,24-27,33-38,41-43,46-50H,1,19-23,28-32H2,2-17H3,(H,60,72)(H,61,73)(H,62,74)(H,70,71)/t36-,37-,38+,41-,42-,43-,46-,47-,48-,49-,50-/m0/s1. The van der Waals surface area contributed by atoms with Crippen molar-refractivity contribution < 1.29 is 67.3 Å². The summed E-state index contributed by atoms with van der Waals surface area (Å²) in [5.74, 6) is -11.4. The Bertz CT molecular complexity index is 2450. The molecule has 3 rings (SSSR count). The molecule has 11 atom stereocenters. The highest BCUT2D eigenvalue weighted by Crippen LogP contribution is 2.26. The van der Waals surface area contributed by atoms with E-state index in [1.807, 2.05) is 0 Å². The van der Waals surface area contributed by atoms with Gasteiger partial charge in [-0.2, -0.15) is 0 Å². The smallest absolute Gasteiger partial charge is 0.329 e. The molecule has 2 heterocycles. The third kappa shape index (κ3) is 17.5. The first kappa shape index (κ1) is 69.2. The van der Waals surface area contributed by atoms with Crippen LogP contribution in [0, 0.1) is 29.6 Å². The van der Waals surface area contributed by atoms with E-state index in [-0.39, 0.29) is 26.0 Å². The van der Waals surface area contributed by atoms with Crippen LogP contribution in [0.5, 0.6) is 5.75 Å². The number of esters is 1. The van der Waals surface area contributed by atoms with Crippen LogP contribution < -0.4 is 20.7 Å². The lowest BCUT2D eigenvalue weighted by atomic mass is 9.92. The second kappa shape index (κ2) is 31.4. The molecule has 23 nitrogen and oxygen atoms in total. The minimum atomic E-state index is -1.69. The van der Waals surface area contributed by atoms with Crippen LogP contribution in [0.1, 0.15) is 120 Å². The summed E-state index contributed by atoms with van der Waals surface area (Å²) in [6.07, 6.45) is 1.04. The third-order valence-electron chi connectivity index (χ3n) is 15.9. The molecule has 2 aliphatic heterocycles. The molecule has 458 valence electrons. The molecule has 0 aromatic heterocycles. The van der Waals surface area contributed by atoms with Crippen molar-refractivity contribution >= 4 is 65.1 Å². The molecule has 2 aliphatic rings. The number of ether oxygens (including phenoxy) is 2. The summed E-state index contributed by atoms with van der Waals surface area (Å²) in [6.45, 7) is 21.8. The molecule has 23 heteroatoms. The number of hydrogen-bond acceptors (Lipinski definition) is 13. The fourth-order valence-electron chi connectivity index (χ4n) is 10.8. The molecule has 0 spiro atoms. The van der Waals surface area contributed by atoms with E-state index in [1.54, 1.807) is 99.6 Å². The normalized spacial score (nSPS) is 26.3. The number of amides is 9. The fraction of sp³-hybridized carbons (Fsp3) is 0.678. The first-order valence-electron chi connectivity index (χ1n) is 28.6. The topological polar surface area (TPSA) is 282 Å². The van der Waals surface area contributed by atoms with Gasteiger partial charge >= 0.3 is 11.9 Å². The van der Waals surface area contributed by atoms with Crippen LogP contribution in [0.3, 0.4) is 0 Å². The summed E-state index contributed by atoms with van der Waals surface area (Å²) in [5.41, 5.74) is 0.567. The molecule has 9 amide bonds. The van der Waals surface area contributed by atoms with E-state index in [2.05, 4.69) is 22.5 Å². The van der Waals surface area contributed by atoms with E-state index >= 15 is 0 Å². The Labute approximate surface area is 484 Å². The van der Waals surface area contributed by atoms with E-state index in [0.717, 1.165) is 14.7 Å². The lowest BCUT2D eigenvalue weighted by Crippen LogP contribution is -2.63. The maximum Gasteiger partial charge on any atom is 0.329 e. The van der Waals surface area contributed by atoms with Crippen molar-refractivity contribution in [2.45, 2.75) is 176 Å². The lowest BCUT2D eigenvalue weighted by Gasteiger charge is -2.41. The van der Waals surface area contributed by atoms with Crippen molar-refractivity contribution in [2.24, 2.45) is 29.6 Å². The summed E-state index contributed by atoms with van der Waals surface area (Å²) in [6, 6.07) is -3.82. The van der Waals surface area contributed by atoms with E-state index in [4.69, 9.17) is 9.47 Å². The first-order valence-corrected chi connectivity index (χ1v) is 28.6. The number of carboxylic acids is 1. The highest BCUT2D eigenvalue weighted by molar-refractivity contribution is 5.99. The molecule has 0 saturated carbocycles. The number of carbonyl (C=O) groups excluding carboxylic acids is 10. The second-order valence-corrected chi connectivity index (χ2v) is 23.0. The van der Waals surface area contributed by atoms with Crippen molar-refractivity contribution in [3.63, 3.8) is 0 Å². The lowest BCUT2D eigenvalue weighted by molar-refractivity contribution is -0.165. The number of carbonyl (C=O) groups is 11. The Balaban J connectivity index is 2.28. The molecular formula is C59H93N9O14. The largest absolute Gasteiger partial charge is 0.490 e. The molecule has 82 heavy (non-hydrogen) atoms. The fourth-order valence-corrected chi connectivity index (χ4v) is 10.8. The number of nitrogens with one attached hydrogen (secondary N) is 3. The molecule has 0 radical (unpaired) electrons. The molecule has 1 aromatic rings. The minimum Gasteiger partial charge on any atom is -0.490 e. The molecule has 0 aliphatic carbocycles. The van der Waals surface area contributed by atoms with Crippen LogP contribution in [0.25, 0.3) is 0 Å². The number of piperidine rings is 1. The molecule has 4 N–H and O–H groups in total. The maximum absolute atomic E-state index is 14.9. The van der Waals surface area contributed by atoms with Gasteiger partial charge in [0, 0.05) is 48.2 Å². The number of cyclic esters (lactones) is 1. The minimum absolute atomic E-state index is 0.101. The van der Waals surface area contributed by atoms with Crippen LogP contribution in [-0.2, 0) is 63.9 Å². The van der Waals surface area contributed by atoms with Crippen LogP contribution in [0.2, 0.25) is 0 Å². The van der Waals surface area contributed by atoms with Gasteiger partial charge in [0.15, 0.2) is 6.10 Å². The summed E-state index contributed by atoms with van der Waals surface area (Å²) in [5, 5.41) is 18.4. The van der Waals surface area contributed by atoms with Crippen molar-refractivity contribution in [2.75, 3.05) is 54.9 Å². The Kier molecular flexibility index (Phi) is 26.5. The summed E-state index contributed by atoms with van der Waals surface area (Å²) in [7, 11) is 6.74. The van der Waals surface area contributed by atoms with Gasteiger partial charge in [0.25, 0.3) is 5.91 Å². The number of carboxylic acid groups (broad SMARTS) is 1. The van der Waals surface area contributed by atoms with E-state index < -0.39 is 162 Å². The Morgan fingerprint density at radius 2 is 1.21 bits per heavy atom. The van der Waals surface area contributed by atoms with Gasteiger partial charge < -0.3 is 59.9 Å². The number of hydrogen-bond donors (Lipinski definition) is 4.